The Morgan fingerprint density at radius 3 is 0.800 bits per heavy atom. The van der Waals surface area contributed by atoms with Crippen molar-refractivity contribution in [2.45, 2.75) is 80.1 Å². The van der Waals surface area contributed by atoms with Crippen molar-refractivity contribution in [1.29, 1.82) is 15.8 Å². The predicted molar refractivity (Wildman–Crippen MR) is 533 cm³/mol. The molecule has 0 unspecified atom stereocenters. The van der Waals surface area contributed by atoms with E-state index in [1.807, 2.05) is 77.0 Å². The van der Waals surface area contributed by atoms with Crippen LogP contribution in [0.1, 0.15) is 110 Å². The Labute approximate surface area is 830 Å². The molecular weight excluding hydrogens is 1990 g/mol. The summed E-state index contributed by atoms with van der Waals surface area (Å²) in [5.41, 5.74) is 20.6. The SMILES string of the molecule is C=CC(=O)N1CCN(c2c(C#N)c(=O)n(-c3c(C)ccnc3C(C)C)c3nc(-c4c(N)c(F)c(Cl)c(Cl)c4Cl)c(Cl)cc23)CC1.C=CC(=O)N1CCN(c2c(C#N)c(=O)n(-c3c(C)ccnc3C(C)C)c3nc(-c4c(N)c(F)c(Cl)c(Cl)c4Cl)c(Cl)cc23)CC1.C=CC(=O)N1CCN(c2c(C#N)c(=O)n(-c3c(C)ccnc3C(C)C)c3nc(-c4c(N)c(F)c(Cl)c(Cl)c4Cl)c(Cl)cc23)CC1. The summed E-state index contributed by atoms with van der Waals surface area (Å²) >= 11 is 76.9. The van der Waals surface area contributed by atoms with Crippen molar-refractivity contribution in [2.75, 3.05) is 110 Å². The standard InChI is InChI=1S/3C31H26Cl4FN7O2/c3*1-5-19(44)41-8-10-42(11-9-41)29-16-12-18(32)27(20-21(33)22(34)23(35)24(36)25(20)38)40-30(16)43(31(45)17(29)13-37)28-15(4)6-7-39-26(28)14(2)3/h3*5-7,12,14H,1,8-11,38H2,2-4H3. The van der Waals surface area contributed by atoms with E-state index in [2.05, 4.69) is 52.9 Å². The van der Waals surface area contributed by atoms with Crippen LogP contribution in [-0.4, -0.2) is 155 Å². The van der Waals surface area contributed by atoms with Crippen LogP contribution in [0.3, 0.4) is 0 Å². The highest BCUT2D eigenvalue weighted by molar-refractivity contribution is 6.52. The third-order valence-electron chi connectivity index (χ3n) is 23.2. The van der Waals surface area contributed by atoms with Crippen molar-refractivity contribution in [3.8, 4) is 69.0 Å². The lowest BCUT2D eigenvalue weighted by Gasteiger charge is -2.36. The first-order chi connectivity index (χ1) is 64.0. The molecule has 3 amide bonds. The Hall–Kier alpha value is -11.6. The van der Waals surface area contributed by atoms with Crippen molar-refractivity contribution < 1.29 is 27.6 Å². The summed E-state index contributed by atoms with van der Waals surface area (Å²) in [6.45, 7) is 31.5. The molecule has 6 N–H and O–H groups in total. The smallest absolute Gasteiger partial charge is 0.276 e. The Kier molecular flexibility index (Phi) is 30.4. The van der Waals surface area contributed by atoms with Crippen LogP contribution in [-0.2, 0) is 14.4 Å². The van der Waals surface area contributed by atoms with Gasteiger partial charge in [-0.25, -0.2) is 28.1 Å². The normalized spacial score (nSPS) is 13.4. The molecule has 135 heavy (non-hydrogen) atoms. The molecule has 15 rings (SSSR count). The van der Waals surface area contributed by atoms with Crippen LogP contribution in [0.25, 0.3) is 83.9 Å². The highest BCUT2D eigenvalue weighted by Gasteiger charge is 2.38. The molecule has 0 atom stereocenters. The lowest BCUT2D eigenvalue weighted by atomic mass is 10.0. The number of aryl methyl sites for hydroxylation is 3. The van der Waals surface area contributed by atoms with Gasteiger partial charge < -0.3 is 46.6 Å². The zero-order valence-corrected chi connectivity index (χ0v) is 82.2. The molecule has 696 valence electrons. The molecule has 42 heteroatoms. The van der Waals surface area contributed by atoms with Gasteiger partial charge in [0.05, 0.1) is 146 Å². The average molecular weight is 2070 g/mol. The molecule has 3 aromatic carbocycles. The van der Waals surface area contributed by atoms with Crippen molar-refractivity contribution in [3.63, 3.8) is 0 Å². The van der Waals surface area contributed by atoms with Crippen molar-refractivity contribution in [1.82, 2.24) is 58.3 Å². The van der Waals surface area contributed by atoms with E-state index in [0.717, 1.165) is 0 Å². The molecule has 12 heterocycles. The number of carbonyl (C=O) groups is 3. The van der Waals surface area contributed by atoms with Gasteiger partial charge in [-0.3, -0.25) is 57.4 Å². The van der Waals surface area contributed by atoms with Crippen molar-refractivity contribution in [3.05, 3.63) is 252 Å². The number of hydrogen-bond donors (Lipinski definition) is 3. The number of amides is 3. The van der Waals surface area contributed by atoms with Gasteiger partial charge in [0.2, 0.25) is 17.7 Å². The van der Waals surface area contributed by atoms with Gasteiger partial charge in [-0.2, -0.15) is 15.8 Å². The topological polar surface area (TPSA) is 363 Å². The number of fused-ring (bicyclic) bond motifs is 3. The maximum atomic E-state index is 15.1. The van der Waals surface area contributed by atoms with Crippen LogP contribution >= 0.6 is 139 Å². The third-order valence-corrected chi connectivity index (χ3v) is 28.0. The second kappa shape index (κ2) is 40.7. The number of nitrogen functional groups attached to an aromatic ring is 3. The molecule has 27 nitrogen and oxygen atoms in total. The number of rotatable bonds is 15. The second-order valence-corrected chi connectivity index (χ2v) is 36.9. The molecule has 12 aromatic rings. The first kappa shape index (κ1) is 101. The van der Waals surface area contributed by atoms with Gasteiger partial charge in [0.15, 0.2) is 17.5 Å². The number of carbonyl (C=O) groups excluding carboxylic acids is 3. The van der Waals surface area contributed by atoms with E-state index in [1.54, 1.807) is 51.5 Å². The minimum Gasteiger partial charge on any atom is -0.396 e. The molecule has 3 aliphatic rings. The summed E-state index contributed by atoms with van der Waals surface area (Å²) in [5, 5.41) is 29.5. The number of halogens is 15. The number of anilines is 6. The molecule has 3 fully saturated rings. The van der Waals surface area contributed by atoms with Crippen LogP contribution in [0, 0.1) is 72.2 Å². The summed E-state index contributed by atoms with van der Waals surface area (Å²) in [5.74, 6) is -4.04. The minimum atomic E-state index is -1.01. The van der Waals surface area contributed by atoms with E-state index in [1.165, 1.54) is 50.1 Å². The lowest BCUT2D eigenvalue weighted by Crippen LogP contribution is -2.49. The van der Waals surface area contributed by atoms with Gasteiger partial charge in [0, 0.05) is 130 Å². The van der Waals surface area contributed by atoms with Crippen LogP contribution in [0.4, 0.5) is 47.3 Å². The van der Waals surface area contributed by atoms with Gasteiger partial charge in [-0.05, 0) is 110 Å². The number of nitrogens with two attached hydrogens (primary N) is 3. The molecule has 0 bridgehead atoms. The Balaban J connectivity index is 0.000000171. The highest BCUT2D eigenvalue weighted by atomic mass is 35.5. The maximum absolute atomic E-state index is 15.1. The van der Waals surface area contributed by atoms with Crippen LogP contribution < -0.4 is 48.6 Å². The molecule has 3 saturated heterocycles. The van der Waals surface area contributed by atoms with E-state index < -0.39 is 66.3 Å². The predicted octanol–water partition coefficient (Wildman–Crippen LogP) is 20.8. The molecule has 0 aliphatic carbocycles. The van der Waals surface area contributed by atoms with Gasteiger partial charge in [0.25, 0.3) is 16.7 Å². The lowest BCUT2D eigenvalue weighted by molar-refractivity contribution is -0.127. The summed E-state index contributed by atoms with van der Waals surface area (Å²) in [6, 6.07) is 16.1. The first-order valence-electron chi connectivity index (χ1n) is 41.3. The number of pyridine rings is 9. The fourth-order valence-electron chi connectivity index (χ4n) is 16.6. The number of piperazine rings is 3. The first-order valence-corrected chi connectivity index (χ1v) is 45.8. The summed E-state index contributed by atoms with van der Waals surface area (Å²) < 4.78 is 49.2. The van der Waals surface area contributed by atoms with Gasteiger partial charge >= 0.3 is 0 Å². The maximum Gasteiger partial charge on any atom is 0.276 e. The van der Waals surface area contributed by atoms with Crippen molar-refractivity contribution >= 4 is 224 Å². The monoisotopic (exact) mass is 2060 g/mol. The quantitative estimate of drug-likeness (QED) is 0.0371. The fraction of sp³-hybridized carbons (Fsp3) is 0.258. The molecule has 0 spiro atoms. The van der Waals surface area contributed by atoms with Gasteiger partial charge in [0.1, 0.15) is 51.8 Å². The third kappa shape index (κ3) is 18.2. The number of benzene rings is 3. The fourth-order valence-corrected chi connectivity index (χ4v) is 19.4. The number of nitrogens with zero attached hydrogens (tertiary/aromatic N) is 18. The van der Waals surface area contributed by atoms with E-state index >= 15 is 13.2 Å². The summed E-state index contributed by atoms with van der Waals surface area (Å²) in [6.07, 6.45) is 8.63. The number of aromatic nitrogens is 9. The van der Waals surface area contributed by atoms with E-state index in [9.17, 15) is 44.6 Å². The molecular formula is C93H78Cl12F3N21O6. The molecule has 0 saturated carbocycles. The van der Waals surface area contributed by atoms with E-state index in [0.29, 0.717) is 163 Å². The largest absolute Gasteiger partial charge is 0.396 e. The molecule has 3 aliphatic heterocycles. The van der Waals surface area contributed by atoms with Gasteiger partial charge in [-0.1, -0.05) is 200 Å². The summed E-state index contributed by atoms with van der Waals surface area (Å²) in [7, 11) is 0. The second-order valence-electron chi connectivity index (χ2n) is 32.2. The Morgan fingerprint density at radius 2 is 0.600 bits per heavy atom. The van der Waals surface area contributed by atoms with Crippen LogP contribution in [0.5, 0.6) is 0 Å². The van der Waals surface area contributed by atoms with E-state index in [-0.39, 0.29) is 148 Å². The molecule has 9 aromatic heterocycles. The number of hydrogen-bond acceptors (Lipinski definition) is 21. The zero-order chi connectivity index (χ0) is 98.7. The minimum absolute atomic E-state index is 0.00306. The Morgan fingerprint density at radius 1 is 0.378 bits per heavy atom. The highest BCUT2D eigenvalue weighted by Crippen LogP contribution is 2.52. The Bertz CT molecular complexity index is 6640. The van der Waals surface area contributed by atoms with E-state index in [4.69, 9.17) is 171 Å². The van der Waals surface area contributed by atoms with Crippen molar-refractivity contribution in [2.24, 2.45) is 0 Å². The average Bonchev–Trinajstić information content (AvgIpc) is 0.728. The summed E-state index contributed by atoms with van der Waals surface area (Å²) in [4.78, 5) is 118. The van der Waals surface area contributed by atoms with Crippen LogP contribution in [0.2, 0.25) is 60.3 Å². The number of nitriles is 3. The zero-order valence-electron chi connectivity index (χ0n) is 73.2. The molecule has 0 radical (unpaired) electrons. The van der Waals surface area contributed by atoms with Gasteiger partial charge in [-0.15, -0.1) is 0 Å². The van der Waals surface area contributed by atoms with Crippen LogP contribution in [0.15, 0.2) is 107 Å².